The minimum Gasteiger partial charge on any atom is -0.497 e. The number of benzene rings is 3. The highest BCUT2D eigenvalue weighted by molar-refractivity contribution is 6.04. The van der Waals surface area contributed by atoms with Gasteiger partial charge in [-0.05, 0) is 36.8 Å². The Kier molecular flexibility index (Phi) is 7.41. The number of esters is 1. The molecule has 3 atom stereocenters. The van der Waals surface area contributed by atoms with Crippen molar-refractivity contribution in [3.05, 3.63) is 102 Å². The molecule has 1 heterocycles. The van der Waals surface area contributed by atoms with Crippen molar-refractivity contribution in [2.24, 2.45) is 5.92 Å². The number of carbonyl (C=O) groups excluding carboxylic acids is 2. The highest BCUT2D eigenvalue weighted by atomic mass is 16.5. The molecule has 0 bridgehead atoms. The first-order chi connectivity index (χ1) is 17.4. The van der Waals surface area contributed by atoms with Crippen molar-refractivity contribution >= 4 is 17.6 Å². The number of nitrogens with zero attached hydrogens (tertiary/aromatic N) is 1. The van der Waals surface area contributed by atoms with Gasteiger partial charge in [0.25, 0.3) is 5.91 Å². The van der Waals surface area contributed by atoms with E-state index in [0.717, 1.165) is 5.56 Å². The maximum Gasteiger partial charge on any atom is 0.330 e. The van der Waals surface area contributed by atoms with Crippen molar-refractivity contribution in [1.82, 2.24) is 0 Å². The summed E-state index contributed by atoms with van der Waals surface area (Å²) in [4.78, 5) is 28.1. The minimum absolute atomic E-state index is 0.210. The molecular weight excluding hydrogens is 458 g/mol. The van der Waals surface area contributed by atoms with Crippen molar-refractivity contribution < 1.29 is 28.9 Å². The van der Waals surface area contributed by atoms with Crippen LogP contribution in [0.25, 0.3) is 0 Å². The van der Waals surface area contributed by atoms with Gasteiger partial charge in [0, 0.05) is 29.3 Å². The number of para-hydroxylation sites is 1. The van der Waals surface area contributed by atoms with E-state index < -0.39 is 29.4 Å². The molecule has 36 heavy (non-hydrogen) atoms. The van der Waals surface area contributed by atoms with E-state index in [1.54, 1.807) is 36.1 Å². The summed E-state index contributed by atoms with van der Waals surface area (Å²) in [5.74, 6) is -1.15. The smallest absolute Gasteiger partial charge is 0.330 e. The van der Waals surface area contributed by atoms with Crippen LogP contribution < -0.4 is 14.4 Å². The van der Waals surface area contributed by atoms with Gasteiger partial charge in [-0.15, -0.1) is 0 Å². The van der Waals surface area contributed by atoms with E-state index in [0.29, 0.717) is 17.2 Å². The molecule has 3 aromatic carbocycles. The molecule has 7 nitrogen and oxygen atoms in total. The van der Waals surface area contributed by atoms with Crippen LogP contribution in [0.4, 0.5) is 5.69 Å². The largest absolute Gasteiger partial charge is 0.497 e. The molecule has 0 aromatic heterocycles. The van der Waals surface area contributed by atoms with Crippen LogP contribution in [0.5, 0.6) is 11.5 Å². The van der Waals surface area contributed by atoms with Gasteiger partial charge in [0.15, 0.2) is 5.60 Å². The van der Waals surface area contributed by atoms with Gasteiger partial charge in [0.2, 0.25) is 0 Å². The first-order valence-corrected chi connectivity index (χ1v) is 11.7. The summed E-state index contributed by atoms with van der Waals surface area (Å²) in [5, 5.41) is 12.4. The lowest BCUT2D eigenvalue weighted by Crippen LogP contribution is -2.40. The van der Waals surface area contributed by atoms with Gasteiger partial charge in [-0.1, -0.05) is 54.6 Å². The second-order valence-electron chi connectivity index (χ2n) is 8.34. The summed E-state index contributed by atoms with van der Waals surface area (Å²) < 4.78 is 16.0. The molecule has 1 amide bonds. The SMILES string of the molecule is CCOC(=O)/C=C/[C@@H]1[C@@H](c2ccccc2)N(c2ccccc2)C(=O)[C@]1(O)c1ccc(OC)cc1OC. The third-order valence-electron chi connectivity index (χ3n) is 6.37. The van der Waals surface area contributed by atoms with E-state index in [4.69, 9.17) is 14.2 Å². The van der Waals surface area contributed by atoms with E-state index in [1.807, 2.05) is 60.7 Å². The van der Waals surface area contributed by atoms with Gasteiger partial charge in [0.1, 0.15) is 11.5 Å². The Bertz CT molecular complexity index is 1240. The van der Waals surface area contributed by atoms with Crippen molar-refractivity contribution in [3.63, 3.8) is 0 Å². The first-order valence-electron chi connectivity index (χ1n) is 11.7. The van der Waals surface area contributed by atoms with Crippen LogP contribution in [0, 0.1) is 5.92 Å². The summed E-state index contributed by atoms with van der Waals surface area (Å²) in [7, 11) is 2.99. The number of anilines is 1. The molecule has 1 saturated heterocycles. The predicted molar refractivity (Wildman–Crippen MR) is 136 cm³/mol. The van der Waals surface area contributed by atoms with E-state index >= 15 is 0 Å². The average Bonchev–Trinajstić information content (AvgIpc) is 3.15. The fourth-order valence-corrected chi connectivity index (χ4v) is 4.74. The molecule has 186 valence electrons. The van der Waals surface area contributed by atoms with Crippen molar-refractivity contribution in [2.75, 3.05) is 25.7 Å². The van der Waals surface area contributed by atoms with Gasteiger partial charge < -0.3 is 24.2 Å². The lowest BCUT2D eigenvalue weighted by molar-refractivity contribution is -0.138. The monoisotopic (exact) mass is 487 g/mol. The molecule has 0 unspecified atom stereocenters. The highest BCUT2D eigenvalue weighted by Crippen LogP contribution is 2.53. The molecule has 1 N–H and O–H groups in total. The van der Waals surface area contributed by atoms with E-state index in [-0.39, 0.29) is 12.2 Å². The molecule has 0 saturated carbocycles. The number of ether oxygens (including phenoxy) is 3. The summed E-state index contributed by atoms with van der Waals surface area (Å²) in [5.41, 5.74) is -0.365. The maximum atomic E-state index is 14.3. The van der Waals surface area contributed by atoms with Crippen molar-refractivity contribution in [2.45, 2.75) is 18.6 Å². The Balaban J connectivity index is 1.97. The number of hydrogen-bond acceptors (Lipinski definition) is 6. The minimum atomic E-state index is -2.06. The normalized spacial score (nSPS) is 21.6. The van der Waals surface area contributed by atoms with Crippen LogP contribution in [-0.4, -0.2) is 37.8 Å². The van der Waals surface area contributed by atoms with E-state index in [1.165, 1.54) is 20.3 Å². The summed E-state index contributed by atoms with van der Waals surface area (Å²) in [6, 6.07) is 22.9. The van der Waals surface area contributed by atoms with Crippen LogP contribution in [0.2, 0.25) is 0 Å². The van der Waals surface area contributed by atoms with Gasteiger partial charge in [0.05, 0.1) is 26.9 Å². The second kappa shape index (κ2) is 10.7. The van der Waals surface area contributed by atoms with Crippen LogP contribution in [0.1, 0.15) is 24.1 Å². The lowest BCUT2D eigenvalue weighted by Gasteiger charge is -2.29. The summed E-state index contributed by atoms with van der Waals surface area (Å²) in [6.45, 7) is 1.93. The molecule has 3 aromatic rings. The number of hydrogen-bond donors (Lipinski definition) is 1. The summed E-state index contributed by atoms with van der Waals surface area (Å²) in [6.07, 6.45) is 2.83. The van der Waals surface area contributed by atoms with E-state index in [9.17, 15) is 14.7 Å². The molecular formula is C29H29NO6. The Morgan fingerprint density at radius 1 is 1.00 bits per heavy atom. The number of rotatable bonds is 8. The zero-order chi connectivity index (χ0) is 25.7. The van der Waals surface area contributed by atoms with Gasteiger partial charge >= 0.3 is 5.97 Å². The van der Waals surface area contributed by atoms with E-state index in [2.05, 4.69) is 0 Å². The van der Waals surface area contributed by atoms with Crippen molar-refractivity contribution in [1.29, 1.82) is 0 Å². The number of aliphatic hydroxyl groups is 1. The summed E-state index contributed by atoms with van der Waals surface area (Å²) >= 11 is 0. The zero-order valence-electron chi connectivity index (χ0n) is 20.5. The molecule has 4 rings (SSSR count). The Hall–Kier alpha value is -4.10. The lowest BCUT2D eigenvalue weighted by atomic mass is 9.78. The average molecular weight is 488 g/mol. The molecule has 7 heteroatoms. The Labute approximate surface area is 210 Å². The molecule has 1 fully saturated rings. The fourth-order valence-electron chi connectivity index (χ4n) is 4.74. The van der Waals surface area contributed by atoms with Gasteiger partial charge in [-0.25, -0.2) is 4.79 Å². The van der Waals surface area contributed by atoms with Crippen LogP contribution in [0.3, 0.4) is 0 Å². The molecule has 1 aliphatic heterocycles. The molecule has 0 spiro atoms. The maximum absolute atomic E-state index is 14.3. The number of amides is 1. The molecule has 0 aliphatic carbocycles. The van der Waals surface area contributed by atoms with Crippen LogP contribution in [0.15, 0.2) is 91.0 Å². The second-order valence-corrected chi connectivity index (χ2v) is 8.34. The topological polar surface area (TPSA) is 85.3 Å². The third kappa shape index (κ3) is 4.45. The van der Waals surface area contributed by atoms with Gasteiger partial charge in [-0.3, -0.25) is 4.79 Å². The fraction of sp³-hybridized carbons (Fsp3) is 0.241. The third-order valence-corrected chi connectivity index (χ3v) is 6.37. The number of methoxy groups -OCH3 is 2. The standard InChI is InChI=1S/C29H29NO6/c1-4-36-26(31)18-17-24-27(20-11-7-5-8-12-20)30(21-13-9-6-10-14-21)28(32)29(24,33)23-16-15-22(34-2)19-25(23)35-3/h5-19,24,27,33H,4H2,1-3H3/b18-17+/t24-,27-,29+/m1/s1. The Morgan fingerprint density at radius 3 is 2.28 bits per heavy atom. The zero-order valence-corrected chi connectivity index (χ0v) is 20.5. The van der Waals surface area contributed by atoms with Crippen LogP contribution in [-0.2, 0) is 19.9 Å². The Morgan fingerprint density at radius 2 is 1.67 bits per heavy atom. The number of carbonyl (C=O) groups is 2. The van der Waals surface area contributed by atoms with Crippen LogP contribution >= 0.6 is 0 Å². The van der Waals surface area contributed by atoms with Crippen molar-refractivity contribution in [3.8, 4) is 11.5 Å². The molecule has 1 aliphatic rings. The predicted octanol–water partition coefficient (Wildman–Crippen LogP) is 4.42. The first kappa shape index (κ1) is 25.0. The quantitative estimate of drug-likeness (QED) is 0.374. The van der Waals surface area contributed by atoms with Gasteiger partial charge in [-0.2, -0.15) is 0 Å². The highest BCUT2D eigenvalue weighted by Gasteiger charge is 2.60. The molecule has 0 radical (unpaired) electrons.